The molecule has 0 saturated carbocycles. The number of amides is 4. The lowest BCUT2D eigenvalue weighted by Crippen LogP contribution is -2.29. The van der Waals surface area contributed by atoms with E-state index in [2.05, 4.69) is 19.9 Å². The van der Waals surface area contributed by atoms with Crippen LogP contribution in [0.5, 0.6) is 0 Å². The van der Waals surface area contributed by atoms with E-state index in [0.717, 1.165) is 26.5 Å². The number of rotatable bonds is 5. The molecule has 0 aromatic heterocycles. The molecule has 2 aromatic rings. The van der Waals surface area contributed by atoms with Crippen molar-refractivity contribution in [3.8, 4) is 0 Å². The van der Waals surface area contributed by atoms with Crippen LogP contribution in [0.25, 0.3) is 5.57 Å². The minimum absolute atomic E-state index is 0.316. The normalized spacial score (nSPS) is 16.7. The van der Waals surface area contributed by atoms with Gasteiger partial charge in [-0.2, -0.15) is 0 Å². The molecule has 0 saturated heterocycles. The largest absolute Gasteiger partial charge is 0.269 e. The predicted octanol–water partition coefficient (Wildman–Crippen LogP) is 3.93. The molecule has 0 bridgehead atoms. The van der Waals surface area contributed by atoms with Crippen LogP contribution in [0.15, 0.2) is 78.9 Å². The Morgan fingerprint density at radius 3 is 1.44 bits per heavy atom. The Labute approximate surface area is 186 Å². The number of hydrogen-bond donors (Lipinski definition) is 0. The van der Waals surface area contributed by atoms with Gasteiger partial charge in [0.15, 0.2) is 0 Å². The minimum atomic E-state index is -0.340. The quantitative estimate of drug-likeness (QED) is 0.679. The van der Waals surface area contributed by atoms with Crippen molar-refractivity contribution >= 4 is 40.6 Å². The summed E-state index contributed by atoms with van der Waals surface area (Å²) in [6.45, 7) is 6.17. The molecule has 2 aliphatic rings. The topological polar surface area (TPSA) is 74.8 Å². The molecule has 0 radical (unpaired) electrons. The van der Waals surface area contributed by atoms with Crippen molar-refractivity contribution in [1.29, 1.82) is 0 Å². The third kappa shape index (κ3) is 3.83. The maximum absolute atomic E-state index is 11.9. The summed E-state index contributed by atoms with van der Waals surface area (Å²) in [7, 11) is 0. The van der Waals surface area contributed by atoms with Gasteiger partial charge in [-0.05, 0) is 47.9 Å². The Bertz CT molecular complexity index is 1180. The van der Waals surface area contributed by atoms with Crippen LogP contribution in [-0.4, -0.2) is 23.6 Å². The molecule has 0 unspecified atom stereocenters. The fraction of sp³-hybridized carbons (Fsp3) is 0.154. The maximum atomic E-state index is 11.9. The second-order valence-electron chi connectivity index (χ2n) is 8.33. The van der Waals surface area contributed by atoms with Gasteiger partial charge in [0.05, 0.1) is 11.4 Å². The molecule has 2 aliphatic heterocycles. The zero-order chi connectivity index (χ0) is 23.0. The number of hydrogen-bond acceptors (Lipinski definition) is 4. The number of anilines is 2. The van der Waals surface area contributed by atoms with E-state index < -0.39 is 0 Å². The van der Waals surface area contributed by atoms with Gasteiger partial charge < -0.3 is 0 Å². The molecule has 0 fully saturated rings. The number of benzene rings is 2. The maximum Gasteiger partial charge on any atom is 0.258 e. The summed E-state index contributed by atoms with van der Waals surface area (Å²) in [5, 5.41) is 0. The summed E-state index contributed by atoms with van der Waals surface area (Å²) in [6.07, 6.45) is 7.20. The summed E-state index contributed by atoms with van der Waals surface area (Å²) in [4.78, 5) is 49.7. The Hall–Kier alpha value is -4.06. The zero-order valence-corrected chi connectivity index (χ0v) is 18.0. The van der Waals surface area contributed by atoms with Gasteiger partial charge in [0.25, 0.3) is 23.6 Å². The first-order valence-corrected chi connectivity index (χ1v) is 10.2. The van der Waals surface area contributed by atoms with Crippen LogP contribution >= 0.6 is 0 Å². The van der Waals surface area contributed by atoms with Crippen molar-refractivity contribution < 1.29 is 19.2 Å². The molecular formula is C26H22N2O4. The molecular weight excluding hydrogens is 404 g/mol. The number of carbonyl (C=O) groups excluding carboxylic acids is 4. The van der Waals surface area contributed by atoms with Crippen LogP contribution in [0.1, 0.15) is 31.9 Å². The summed E-state index contributed by atoms with van der Waals surface area (Å²) in [5.41, 5.74) is 3.81. The van der Waals surface area contributed by atoms with Gasteiger partial charge >= 0.3 is 0 Å². The van der Waals surface area contributed by atoms with Gasteiger partial charge in [-0.15, -0.1) is 0 Å². The van der Waals surface area contributed by atoms with Gasteiger partial charge in [0.2, 0.25) is 0 Å². The summed E-state index contributed by atoms with van der Waals surface area (Å²) in [6, 6.07) is 14.7. The first-order valence-electron chi connectivity index (χ1n) is 10.2. The molecule has 160 valence electrons. The minimum Gasteiger partial charge on any atom is -0.269 e. The fourth-order valence-electron chi connectivity index (χ4n) is 3.93. The highest BCUT2D eigenvalue weighted by molar-refractivity contribution is 6.28. The molecule has 32 heavy (non-hydrogen) atoms. The van der Waals surface area contributed by atoms with Crippen LogP contribution in [0, 0.1) is 0 Å². The van der Waals surface area contributed by atoms with Crippen LogP contribution in [0.4, 0.5) is 11.4 Å². The first-order chi connectivity index (χ1) is 15.2. The highest BCUT2D eigenvalue weighted by Crippen LogP contribution is 2.31. The van der Waals surface area contributed by atoms with Crippen molar-refractivity contribution in [2.45, 2.75) is 26.2 Å². The molecule has 6 nitrogen and oxygen atoms in total. The molecule has 2 heterocycles. The molecule has 4 amide bonds. The summed E-state index contributed by atoms with van der Waals surface area (Å²) < 4.78 is 0. The summed E-state index contributed by atoms with van der Waals surface area (Å²) >= 11 is 0. The second kappa shape index (κ2) is 7.89. The van der Waals surface area contributed by atoms with E-state index >= 15 is 0 Å². The van der Waals surface area contributed by atoms with E-state index in [1.165, 1.54) is 24.3 Å². The van der Waals surface area contributed by atoms with Crippen molar-refractivity contribution in [3.05, 3.63) is 90.0 Å². The molecule has 6 heteroatoms. The van der Waals surface area contributed by atoms with E-state index in [0.29, 0.717) is 11.4 Å². The first kappa shape index (κ1) is 21.2. The van der Waals surface area contributed by atoms with E-state index in [1.807, 2.05) is 31.2 Å². The van der Waals surface area contributed by atoms with Gasteiger partial charge in [-0.1, -0.05) is 44.2 Å². The van der Waals surface area contributed by atoms with Gasteiger partial charge in [-0.3, -0.25) is 19.2 Å². The number of nitrogens with zero attached hydrogens (tertiary/aromatic N) is 2. The van der Waals surface area contributed by atoms with Crippen LogP contribution in [0.2, 0.25) is 0 Å². The number of allylic oxidation sites excluding steroid dienone is 2. The molecule has 2 aromatic carbocycles. The zero-order valence-electron chi connectivity index (χ0n) is 18.0. The summed E-state index contributed by atoms with van der Waals surface area (Å²) in [5.74, 6) is -1.36. The third-order valence-corrected chi connectivity index (χ3v) is 5.65. The lowest BCUT2D eigenvalue weighted by atomic mass is 9.82. The average molecular weight is 426 g/mol. The fourth-order valence-corrected chi connectivity index (χ4v) is 3.93. The monoisotopic (exact) mass is 426 g/mol. The van der Waals surface area contributed by atoms with Crippen LogP contribution in [-0.2, 0) is 24.6 Å². The molecule has 0 spiro atoms. The van der Waals surface area contributed by atoms with E-state index in [4.69, 9.17) is 0 Å². The Morgan fingerprint density at radius 2 is 1.03 bits per heavy atom. The van der Waals surface area contributed by atoms with Crippen LogP contribution < -0.4 is 9.80 Å². The third-order valence-electron chi connectivity index (χ3n) is 5.65. The molecule has 0 N–H and O–H groups in total. The number of carbonyl (C=O) groups is 4. The second-order valence-corrected chi connectivity index (χ2v) is 8.33. The molecule has 0 atom stereocenters. The van der Waals surface area contributed by atoms with Gasteiger partial charge in [0.1, 0.15) is 0 Å². The van der Waals surface area contributed by atoms with Gasteiger partial charge in [0, 0.05) is 29.7 Å². The van der Waals surface area contributed by atoms with E-state index in [9.17, 15) is 19.2 Å². The molecule has 0 aliphatic carbocycles. The van der Waals surface area contributed by atoms with E-state index in [1.54, 1.807) is 24.3 Å². The predicted molar refractivity (Wildman–Crippen MR) is 123 cm³/mol. The van der Waals surface area contributed by atoms with Crippen molar-refractivity contribution in [2.75, 3.05) is 9.80 Å². The lowest BCUT2D eigenvalue weighted by Gasteiger charge is -2.24. The SMILES string of the molecule is CC(=CC(C)(C)c1ccc(N2C(=O)C=CC2=O)cc1)c1ccc(N2C(=O)C=CC2=O)cc1. The standard InChI is InChI=1S/C26H22N2O4/c1-17(18-4-8-20(9-5-18)27-22(29)12-13-23(27)30)16-26(2,3)19-6-10-21(11-7-19)28-24(31)14-15-25(28)32/h4-16H,1-3H3. The van der Waals surface area contributed by atoms with E-state index in [-0.39, 0.29) is 29.0 Å². The lowest BCUT2D eigenvalue weighted by molar-refractivity contribution is -0.121. The Balaban J connectivity index is 1.53. The van der Waals surface area contributed by atoms with Crippen molar-refractivity contribution in [1.82, 2.24) is 0 Å². The highest BCUT2D eigenvalue weighted by Gasteiger charge is 2.27. The molecule has 4 rings (SSSR count). The van der Waals surface area contributed by atoms with Crippen molar-refractivity contribution in [2.24, 2.45) is 0 Å². The van der Waals surface area contributed by atoms with Crippen molar-refractivity contribution in [3.63, 3.8) is 0 Å². The van der Waals surface area contributed by atoms with Crippen LogP contribution in [0.3, 0.4) is 0 Å². The smallest absolute Gasteiger partial charge is 0.258 e. The van der Waals surface area contributed by atoms with Gasteiger partial charge in [-0.25, -0.2) is 9.80 Å². The average Bonchev–Trinajstić information content (AvgIpc) is 3.28. The number of imide groups is 2. The Morgan fingerprint density at radius 1 is 0.656 bits per heavy atom. The Kier molecular flexibility index (Phi) is 5.22. The highest BCUT2D eigenvalue weighted by atomic mass is 16.2.